The van der Waals surface area contributed by atoms with Crippen LogP contribution in [0.5, 0.6) is 0 Å². The van der Waals surface area contributed by atoms with Crippen LogP contribution >= 0.6 is 0 Å². The van der Waals surface area contributed by atoms with Crippen LogP contribution in [0.25, 0.3) is 0 Å². The lowest BCUT2D eigenvalue weighted by Crippen LogP contribution is -2.50. The van der Waals surface area contributed by atoms with Crippen molar-refractivity contribution in [1.82, 2.24) is 0 Å². The minimum Gasteiger partial charge on any atom is -0.321 e. The molecule has 0 bridgehead atoms. The monoisotopic (exact) mass is 456 g/mol. The minimum absolute atomic E-state index is 0.267. The van der Waals surface area contributed by atoms with Gasteiger partial charge in [0.2, 0.25) is 0 Å². The molecule has 5 nitrogen and oxygen atoms in total. The third kappa shape index (κ3) is 4.30. The SMILES string of the molecule is Cc1cc(C(F)(C(F)(F)F)C(F)(F)F)cc(C)c1NC(=O)c1ccc(F)cc1[N+](=O)[O-]. The maximum atomic E-state index is 14.3. The van der Waals surface area contributed by atoms with Crippen molar-refractivity contribution in [2.45, 2.75) is 31.9 Å². The number of amides is 1. The predicted molar refractivity (Wildman–Crippen MR) is 91.8 cm³/mol. The molecule has 0 saturated heterocycles. The number of nitrogens with zero attached hydrogens (tertiary/aromatic N) is 1. The van der Waals surface area contributed by atoms with Crippen LogP contribution in [0, 0.1) is 29.8 Å². The molecule has 0 unspecified atom stereocenters. The molecule has 0 spiro atoms. The van der Waals surface area contributed by atoms with Gasteiger partial charge < -0.3 is 5.32 Å². The van der Waals surface area contributed by atoms with Gasteiger partial charge in [-0.25, -0.2) is 8.78 Å². The second kappa shape index (κ2) is 7.78. The van der Waals surface area contributed by atoms with E-state index in [-0.39, 0.29) is 28.9 Å². The lowest BCUT2D eigenvalue weighted by atomic mass is 9.90. The van der Waals surface area contributed by atoms with Crippen molar-refractivity contribution < 1.29 is 44.8 Å². The van der Waals surface area contributed by atoms with E-state index >= 15 is 0 Å². The summed E-state index contributed by atoms with van der Waals surface area (Å²) in [5.74, 6) is -2.19. The molecule has 13 heteroatoms. The standard InChI is InChI=1S/C18H12F8N2O3/c1-8-5-10(16(20,17(21,22)23)18(24,25)26)6-9(2)14(8)27-15(29)12-4-3-11(19)7-13(12)28(30)31/h3-7H,1-2H3,(H,27,29). The van der Waals surface area contributed by atoms with Gasteiger partial charge in [-0.2, -0.15) is 26.3 Å². The van der Waals surface area contributed by atoms with Gasteiger partial charge >= 0.3 is 18.0 Å². The fraction of sp³-hybridized carbons (Fsp3) is 0.278. The lowest BCUT2D eigenvalue weighted by molar-refractivity contribution is -0.385. The van der Waals surface area contributed by atoms with E-state index in [4.69, 9.17) is 0 Å². The van der Waals surface area contributed by atoms with E-state index in [2.05, 4.69) is 5.32 Å². The highest BCUT2D eigenvalue weighted by atomic mass is 19.4. The number of hydrogen-bond acceptors (Lipinski definition) is 3. The molecule has 2 rings (SSSR count). The fourth-order valence-electron chi connectivity index (χ4n) is 2.88. The largest absolute Gasteiger partial charge is 0.435 e. The number of alkyl halides is 7. The van der Waals surface area contributed by atoms with Gasteiger partial charge in [0.1, 0.15) is 11.4 Å². The normalized spacial score (nSPS) is 12.6. The topological polar surface area (TPSA) is 72.2 Å². The first kappa shape index (κ1) is 24.0. The molecular formula is C18H12F8N2O3. The zero-order valence-corrected chi connectivity index (χ0v) is 15.6. The fourth-order valence-corrected chi connectivity index (χ4v) is 2.88. The molecule has 1 N–H and O–H groups in total. The molecule has 0 aromatic heterocycles. The van der Waals surface area contributed by atoms with Gasteiger partial charge in [0.15, 0.2) is 0 Å². The van der Waals surface area contributed by atoms with Crippen LogP contribution in [0.15, 0.2) is 30.3 Å². The molecule has 0 fully saturated rings. The van der Waals surface area contributed by atoms with Crippen LogP contribution in [0.3, 0.4) is 0 Å². The quantitative estimate of drug-likeness (QED) is 0.354. The van der Waals surface area contributed by atoms with Crippen LogP contribution in [0.1, 0.15) is 27.0 Å². The van der Waals surface area contributed by atoms with Gasteiger partial charge in [0, 0.05) is 11.3 Å². The Morgan fingerprint density at radius 2 is 1.42 bits per heavy atom. The third-order valence-electron chi connectivity index (χ3n) is 4.35. The van der Waals surface area contributed by atoms with E-state index in [0.29, 0.717) is 6.07 Å². The van der Waals surface area contributed by atoms with E-state index in [9.17, 15) is 50.0 Å². The average Bonchev–Trinajstić information content (AvgIpc) is 2.61. The van der Waals surface area contributed by atoms with E-state index in [0.717, 1.165) is 26.0 Å². The molecule has 0 radical (unpaired) electrons. The number of hydrogen-bond donors (Lipinski definition) is 1. The van der Waals surface area contributed by atoms with Gasteiger partial charge in [-0.05, 0) is 37.1 Å². The van der Waals surface area contributed by atoms with Crippen molar-refractivity contribution in [2.75, 3.05) is 5.32 Å². The Kier molecular flexibility index (Phi) is 6.03. The van der Waals surface area contributed by atoms with E-state index in [1.807, 2.05) is 0 Å². The Morgan fingerprint density at radius 3 is 1.84 bits per heavy atom. The van der Waals surface area contributed by atoms with Crippen LogP contribution in [0.4, 0.5) is 46.5 Å². The first-order valence-corrected chi connectivity index (χ1v) is 8.20. The Balaban J connectivity index is 2.54. The molecule has 0 saturated carbocycles. The van der Waals surface area contributed by atoms with Crippen molar-refractivity contribution in [3.8, 4) is 0 Å². The Hall–Kier alpha value is -3.25. The van der Waals surface area contributed by atoms with Crippen LogP contribution in [0.2, 0.25) is 0 Å². The molecule has 2 aromatic carbocycles. The third-order valence-corrected chi connectivity index (χ3v) is 4.35. The number of carbonyl (C=O) groups excluding carboxylic acids is 1. The second-order valence-corrected chi connectivity index (χ2v) is 6.51. The first-order chi connectivity index (χ1) is 14.0. The van der Waals surface area contributed by atoms with E-state index < -0.39 is 51.5 Å². The highest BCUT2D eigenvalue weighted by Crippen LogP contribution is 2.53. The number of benzene rings is 2. The van der Waals surface area contributed by atoms with E-state index in [1.54, 1.807) is 0 Å². The van der Waals surface area contributed by atoms with Gasteiger partial charge in [-0.3, -0.25) is 14.9 Å². The number of carbonyl (C=O) groups is 1. The zero-order valence-electron chi connectivity index (χ0n) is 15.6. The van der Waals surface area contributed by atoms with E-state index in [1.165, 1.54) is 0 Å². The first-order valence-electron chi connectivity index (χ1n) is 8.20. The smallest absolute Gasteiger partial charge is 0.321 e. The highest BCUT2D eigenvalue weighted by molar-refractivity contribution is 6.07. The van der Waals surface area contributed by atoms with Crippen molar-refractivity contribution >= 4 is 17.3 Å². The molecule has 0 aliphatic rings. The van der Waals surface area contributed by atoms with Crippen molar-refractivity contribution in [3.05, 3.63) is 68.5 Å². The summed E-state index contributed by atoms with van der Waals surface area (Å²) in [5, 5.41) is 13.1. The summed E-state index contributed by atoms with van der Waals surface area (Å²) in [6.45, 7) is 2.02. The molecule has 0 aliphatic carbocycles. The number of anilines is 1. The molecule has 0 atom stereocenters. The van der Waals surface area contributed by atoms with Crippen molar-refractivity contribution in [1.29, 1.82) is 0 Å². The number of rotatable bonds is 4. The summed E-state index contributed by atoms with van der Waals surface area (Å²) in [6.07, 6.45) is -12.6. The second-order valence-electron chi connectivity index (χ2n) is 6.51. The van der Waals surface area contributed by atoms with Crippen molar-refractivity contribution in [2.24, 2.45) is 0 Å². The number of halogens is 8. The number of nitro groups is 1. The summed E-state index contributed by atoms with van der Waals surface area (Å²) in [6, 6.07) is 2.52. The Labute approximate surface area is 168 Å². The lowest BCUT2D eigenvalue weighted by Gasteiger charge is -2.31. The Morgan fingerprint density at radius 1 is 0.935 bits per heavy atom. The van der Waals surface area contributed by atoms with Gasteiger partial charge in [-0.15, -0.1) is 0 Å². The van der Waals surface area contributed by atoms with Crippen LogP contribution < -0.4 is 5.32 Å². The molecular weight excluding hydrogens is 444 g/mol. The van der Waals surface area contributed by atoms with Gasteiger partial charge in [0.25, 0.3) is 11.6 Å². The van der Waals surface area contributed by atoms with Gasteiger partial charge in [0.05, 0.1) is 11.0 Å². The van der Waals surface area contributed by atoms with Crippen LogP contribution in [-0.4, -0.2) is 23.2 Å². The number of nitrogens with one attached hydrogen (secondary N) is 1. The summed E-state index contributed by atoms with van der Waals surface area (Å²) in [5.41, 5.74) is -9.96. The number of nitro benzene ring substituents is 1. The summed E-state index contributed by atoms with van der Waals surface area (Å²) < 4.78 is 105. The molecule has 2 aromatic rings. The highest BCUT2D eigenvalue weighted by Gasteiger charge is 2.73. The summed E-state index contributed by atoms with van der Waals surface area (Å²) >= 11 is 0. The number of aryl methyl sites for hydroxylation is 2. The average molecular weight is 456 g/mol. The Bertz CT molecular complexity index is 1010. The zero-order chi connectivity index (χ0) is 23.9. The molecule has 0 aliphatic heterocycles. The molecule has 168 valence electrons. The summed E-state index contributed by atoms with van der Waals surface area (Å²) in [7, 11) is 0. The predicted octanol–water partition coefficient (Wildman–Crippen LogP) is 5.89. The molecule has 31 heavy (non-hydrogen) atoms. The maximum Gasteiger partial charge on any atom is 0.435 e. The molecule has 0 heterocycles. The maximum absolute atomic E-state index is 14.3. The summed E-state index contributed by atoms with van der Waals surface area (Å²) in [4.78, 5) is 22.3. The molecule has 1 amide bonds. The van der Waals surface area contributed by atoms with Crippen molar-refractivity contribution in [3.63, 3.8) is 0 Å². The van der Waals surface area contributed by atoms with Crippen LogP contribution in [-0.2, 0) is 5.67 Å². The minimum atomic E-state index is -6.32. The van der Waals surface area contributed by atoms with Gasteiger partial charge in [-0.1, -0.05) is 12.1 Å².